The van der Waals surface area contributed by atoms with E-state index < -0.39 is 17.7 Å². The van der Waals surface area contributed by atoms with Crippen LogP contribution in [0.1, 0.15) is 12.2 Å². The second kappa shape index (κ2) is 5.16. The summed E-state index contributed by atoms with van der Waals surface area (Å²) in [4.78, 5) is 11.1. The highest BCUT2D eigenvalue weighted by Crippen LogP contribution is 2.29. The van der Waals surface area contributed by atoms with Crippen molar-refractivity contribution >= 4 is 5.97 Å². The minimum Gasteiger partial charge on any atom is -0.497 e. The Kier molecular flexibility index (Phi) is 3.32. The Bertz CT molecular complexity index is 699. The fourth-order valence-corrected chi connectivity index (χ4v) is 2.53. The van der Waals surface area contributed by atoms with E-state index in [-0.39, 0.29) is 6.54 Å². The molecular formula is C14H14FN3O3. The predicted octanol–water partition coefficient (Wildman–Crippen LogP) is 1.74. The van der Waals surface area contributed by atoms with E-state index >= 15 is 0 Å². The molecule has 0 saturated heterocycles. The molecule has 2 heterocycles. The molecule has 1 aromatic heterocycles. The van der Waals surface area contributed by atoms with E-state index in [4.69, 9.17) is 9.84 Å². The third kappa shape index (κ3) is 2.35. The minimum absolute atomic E-state index is 0.262. The number of benzene rings is 1. The number of aromatic nitrogens is 3. The number of rotatable bonds is 3. The zero-order valence-electron chi connectivity index (χ0n) is 11.4. The number of methoxy groups -OCH3 is 1. The van der Waals surface area contributed by atoms with Gasteiger partial charge in [0.1, 0.15) is 17.4 Å². The van der Waals surface area contributed by atoms with Gasteiger partial charge in [-0.3, -0.25) is 4.79 Å². The van der Waals surface area contributed by atoms with Crippen LogP contribution >= 0.6 is 0 Å². The van der Waals surface area contributed by atoms with Crippen LogP contribution < -0.4 is 4.74 Å². The van der Waals surface area contributed by atoms with E-state index in [1.807, 2.05) is 0 Å². The van der Waals surface area contributed by atoms with Gasteiger partial charge in [0.25, 0.3) is 0 Å². The lowest BCUT2D eigenvalue weighted by atomic mass is 9.99. The topological polar surface area (TPSA) is 77.2 Å². The van der Waals surface area contributed by atoms with E-state index in [1.54, 1.807) is 16.7 Å². The second-order valence-electron chi connectivity index (χ2n) is 4.97. The zero-order valence-corrected chi connectivity index (χ0v) is 11.4. The summed E-state index contributed by atoms with van der Waals surface area (Å²) in [6.45, 7) is 0.262. The molecule has 3 rings (SSSR count). The van der Waals surface area contributed by atoms with Gasteiger partial charge in [-0.2, -0.15) is 0 Å². The monoisotopic (exact) mass is 291 g/mol. The molecule has 0 spiro atoms. The van der Waals surface area contributed by atoms with Crippen LogP contribution in [0.4, 0.5) is 4.39 Å². The highest BCUT2D eigenvalue weighted by Gasteiger charge is 2.28. The first-order valence-electron chi connectivity index (χ1n) is 6.59. The van der Waals surface area contributed by atoms with Crippen LogP contribution in [0.2, 0.25) is 0 Å². The van der Waals surface area contributed by atoms with Crippen LogP contribution in [0, 0.1) is 11.7 Å². The van der Waals surface area contributed by atoms with Crippen molar-refractivity contribution in [2.45, 2.75) is 19.4 Å². The maximum Gasteiger partial charge on any atom is 0.308 e. The number of carboxylic acids is 1. The summed E-state index contributed by atoms with van der Waals surface area (Å²) in [5.41, 5.74) is 0.292. The second-order valence-corrected chi connectivity index (χ2v) is 4.97. The number of aliphatic carboxylic acids is 1. The van der Waals surface area contributed by atoms with Crippen molar-refractivity contribution in [3.8, 4) is 17.1 Å². The number of carbonyl (C=O) groups is 1. The van der Waals surface area contributed by atoms with Crippen LogP contribution in [-0.2, 0) is 17.8 Å². The first kappa shape index (κ1) is 13.5. The standard InChI is InChI=1S/C14H14FN3O3/c1-21-9-3-4-10(11(15)6-9)13-17-16-12-5-2-8(14(19)20)7-18(12)13/h3-4,6,8H,2,5,7H2,1H3,(H,19,20). The van der Waals surface area contributed by atoms with Gasteiger partial charge in [0.2, 0.25) is 0 Å². The number of halogens is 1. The Morgan fingerprint density at radius 1 is 1.48 bits per heavy atom. The van der Waals surface area contributed by atoms with Gasteiger partial charge in [0.05, 0.1) is 18.6 Å². The lowest BCUT2D eigenvalue weighted by Crippen LogP contribution is -2.27. The average Bonchev–Trinajstić information content (AvgIpc) is 2.89. The SMILES string of the molecule is COc1ccc(-c2nnc3n2CC(C(=O)O)CC3)c(F)c1. The van der Waals surface area contributed by atoms with Gasteiger partial charge in [-0.25, -0.2) is 4.39 Å². The molecule has 110 valence electrons. The lowest BCUT2D eigenvalue weighted by Gasteiger charge is -2.21. The number of aryl methyl sites for hydroxylation is 1. The Morgan fingerprint density at radius 2 is 2.29 bits per heavy atom. The van der Waals surface area contributed by atoms with E-state index in [2.05, 4.69) is 10.2 Å². The normalized spacial score (nSPS) is 17.3. The van der Waals surface area contributed by atoms with Crippen molar-refractivity contribution in [1.29, 1.82) is 0 Å². The molecule has 1 aliphatic rings. The minimum atomic E-state index is -0.851. The van der Waals surface area contributed by atoms with E-state index in [0.717, 1.165) is 0 Å². The Balaban J connectivity index is 2.01. The predicted molar refractivity (Wildman–Crippen MR) is 71.4 cm³/mol. The molecule has 1 unspecified atom stereocenters. The zero-order chi connectivity index (χ0) is 15.0. The van der Waals surface area contributed by atoms with Gasteiger partial charge in [0, 0.05) is 19.0 Å². The van der Waals surface area contributed by atoms with Gasteiger partial charge in [-0.15, -0.1) is 10.2 Å². The van der Waals surface area contributed by atoms with Gasteiger partial charge < -0.3 is 14.4 Å². The number of ether oxygens (including phenoxy) is 1. The number of hydrogen-bond donors (Lipinski definition) is 1. The van der Waals surface area contributed by atoms with Crippen LogP contribution in [-0.4, -0.2) is 33.0 Å². The Hall–Kier alpha value is -2.44. The van der Waals surface area contributed by atoms with E-state index in [1.165, 1.54) is 13.2 Å². The molecule has 0 bridgehead atoms. The molecule has 6 nitrogen and oxygen atoms in total. The van der Waals surface area contributed by atoms with Crippen molar-refractivity contribution in [2.24, 2.45) is 5.92 Å². The van der Waals surface area contributed by atoms with Gasteiger partial charge in [-0.05, 0) is 18.6 Å². The molecular weight excluding hydrogens is 277 g/mol. The van der Waals surface area contributed by atoms with Crippen LogP contribution in [0.25, 0.3) is 11.4 Å². The highest BCUT2D eigenvalue weighted by molar-refractivity contribution is 5.70. The Labute approximate surface area is 120 Å². The highest BCUT2D eigenvalue weighted by atomic mass is 19.1. The maximum atomic E-state index is 14.1. The smallest absolute Gasteiger partial charge is 0.308 e. The molecule has 1 aliphatic heterocycles. The van der Waals surface area contributed by atoms with Gasteiger partial charge in [0.15, 0.2) is 5.82 Å². The van der Waals surface area contributed by atoms with Crippen molar-refractivity contribution in [2.75, 3.05) is 7.11 Å². The van der Waals surface area contributed by atoms with Gasteiger partial charge >= 0.3 is 5.97 Å². The number of fused-ring (bicyclic) bond motifs is 1. The molecule has 0 fully saturated rings. The lowest BCUT2D eigenvalue weighted by molar-refractivity contribution is -0.142. The third-order valence-corrected chi connectivity index (χ3v) is 3.71. The molecule has 0 saturated carbocycles. The summed E-state index contributed by atoms with van der Waals surface area (Å²) in [5.74, 6) is -0.349. The quantitative estimate of drug-likeness (QED) is 0.932. The summed E-state index contributed by atoms with van der Waals surface area (Å²) in [6, 6.07) is 4.47. The third-order valence-electron chi connectivity index (χ3n) is 3.71. The largest absolute Gasteiger partial charge is 0.497 e. The summed E-state index contributed by atoms with van der Waals surface area (Å²) in [6.07, 6.45) is 1.06. The van der Waals surface area contributed by atoms with Crippen molar-refractivity contribution in [3.63, 3.8) is 0 Å². The van der Waals surface area contributed by atoms with Crippen molar-refractivity contribution < 1.29 is 19.0 Å². The fourth-order valence-electron chi connectivity index (χ4n) is 2.53. The maximum absolute atomic E-state index is 14.1. The number of carboxylic acid groups (broad SMARTS) is 1. The first-order chi connectivity index (χ1) is 10.1. The summed E-state index contributed by atoms with van der Waals surface area (Å²) in [5, 5.41) is 17.2. The molecule has 21 heavy (non-hydrogen) atoms. The van der Waals surface area contributed by atoms with Crippen LogP contribution in [0.5, 0.6) is 5.75 Å². The van der Waals surface area contributed by atoms with Crippen molar-refractivity contribution in [3.05, 3.63) is 29.8 Å². The molecule has 1 atom stereocenters. The summed E-state index contributed by atoms with van der Waals surface area (Å²) >= 11 is 0. The van der Waals surface area contributed by atoms with Crippen molar-refractivity contribution in [1.82, 2.24) is 14.8 Å². The fraction of sp³-hybridized carbons (Fsp3) is 0.357. The molecule has 7 heteroatoms. The average molecular weight is 291 g/mol. The first-order valence-corrected chi connectivity index (χ1v) is 6.59. The molecule has 0 amide bonds. The van der Waals surface area contributed by atoms with E-state index in [0.29, 0.717) is 35.8 Å². The molecule has 1 aromatic carbocycles. The van der Waals surface area contributed by atoms with Crippen LogP contribution in [0.15, 0.2) is 18.2 Å². The van der Waals surface area contributed by atoms with Gasteiger partial charge in [-0.1, -0.05) is 0 Å². The Morgan fingerprint density at radius 3 is 2.95 bits per heavy atom. The molecule has 0 radical (unpaired) electrons. The number of hydrogen-bond acceptors (Lipinski definition) is 4. The molecule has 0 aliphatic carbocycles. The van der Waals surface area contributed by atoms with E-state index in [9.17, 15) is 9.18 Å². The molecule has 1 N–H and O–H groups in total. The number of nitrogens with zero attached hydrogens (tertiary/aromatic N) is 3. The molecule has 2 aromatic rings. The van der Waals surface area contributed by atoms with Crippen LogP contribution in [0.3, 0.4) is 0 Å². The summed E-state index contributed by atoms with van der Waals surface area (Å²) in [7, 11) is 1.46. The summed E-state index contributed by atoms with van der Waals surface area (Å²) < 4.78 is 20.8.